The van der Waals surface area contributed by atoms with Gasteiger partial charge >= 0.3 is 0 Å². The predicted octanol–water partition coefficient (Wildman–Crippen LogP) is 2.85. The molecule has 3 rings (SSSR count). The number of aromatic nitrogens is 1. The molecule has 31 heavy (non-hydrogen) atoms. The van der Waals surface area contributed by atoms with Crippen LogP contribution in [0.25, 0.3) is 6.08 Å². The smallest absolute Gasteiger partial charge is 0.248 e. The Bertz CT molecular complexity index is 864. The molecule has 166 valence electrons. The van der Waals surface area contributed by atoms with Crippen molar-refractivity contribution in [2.75, 3.05) is 58.5 Å². The van der Waals surface area contributed by atoms with E-state index >= 15 is 0 Å². The van der Waals surface area contributed by atoms with Crippen molar-refractivity contribution in [2.24, 2.45) is 0 Å². The minimum Gasteiger partial charge on any atom is -0.493 e. The summed E-state index contributed by atoms with van der Waals surface area (Å²) in [7, 11) is 1.58. The third kappa shape index (κ3) is 7.27. The average molecular weight is 428 g/mol. The fraction of sp³-hybridized carbons (Fsp3) is 0.391. The van der Waals surface area contributed by atoms with Gasteiger partial charge in [0.2, 0.25) is 11.8 Å². The molecule has 8 heteroatoms. The van der Waals surface area contributed by atoms with Crippen LogP contribution >= 0.6 is 0 Å². The summed E-state index contributed by atoms with van der Waals surface area (Å²) in [6.07, 6.45) is 4.75. The number of nitrogens with zero attached hydrogens (tertiary/aromatic N) is 2. The highest BCUT2D eigenvalue weighted by Crippen LogP contribution is 2.28. The van der Waals surface area contributed by atoms with Crippen LogP contribution in [0.4, 0.5) is 5.69 Å². The SMILES string of the molecule is CCOc1ccc(/C=C/C(=O)Nc2ccc(OCCN3CCOCC3)nc2)cc1OC. The lowest BCUT2D eigenvalue weighted by Crippen LogP contribution is -2.38. The zero-order valence-corrected chi connectivity index (χ0v) is 18.0. The lowest BCUT2D eigenvalue weighted by Gasteiger charge is -2.26. The summed E-state index contributed by atoms with van der Waals surface area (Å²) in [4.78, 5) is 18.8. The molecule has 0 saturated carbocycles. The third-order valence-electron chi connectivity index (χ3n) is 4.68. The molecule has 1 aliphatic rings. The van der Waals surface area contributed by atoms with Crippen molar-refractivity contribution in [3.05, 3.63) is 48.2 Å². The number of anilines is 1. The Morgan fingerprint density at radius 2 is 2.03 bits per heavy atom. The van der Waals surface area contributed by atoms with Gasteiger partial charge in [-0.1, -0.05) is 6.07 Å². The molecule has 0 aliphatic carbocycles. The van der Waals surface area contributed by atoms with E-state index in [-0.39, 0.29) is 5.91 Å². The van der Waals surface area contributed by atoms with Crippen LogP contribution in [0.2, 0.25) is 0 Å². The van der Waals surface area contributed by atoms with E-state index in [1.54, 1.807) is 31.5 Å². The van der Waals surface area contributed by atoms with E-state index in [2.05, 4.69) is 15.2 Å². The molecule has 1 saturated heterocycles. The van der Waals surface area contributed by atoms with Crippen LogP contribution in [0.15, 0.2) is 42.6 Å². The lowest BCUT2D eigenvalue weighted by molar-refractivity contribution is -0.111. The van der Waals surface area contributed by atoms with Gasteiger partial charge in [-0.05, 0) is 36.8 Å². The summed E-state index contributed by atoms with van der Waals surface area (Å²) in [5.41, 5.74) is 1.43. The second-order valence-corrected chi connectivity index (χ2v) is 6.85. The number of hydrogen-bond acceptors (Lipinski definition) is 7. The van der Waals surface area contributed by atoms with Gasteiger partial charge in [0.05, 0.1) is 38.8 Å². The Kier molecular flexibility index (Phi) is 8.69. The van der Waals surface area contributed by atoms with E-state index in [4.69, 9.17) is 18.9 Å². The van der Waals surface area contributed by atoms with Crippen molar-refractivity contribution in [3.8, 4) is 17.4 Å². The minimum atomic E-state index is -0.254. The van der Waals surface area contributed by atoms with Gasteiger partial charge in [-0.3, -0.25) is 9.69 Å². The molecule has 0 bridgehead atoms. The van der Waals surface area contributed by atoms with E-state index in [1.807, 2.05) is 25.1 Å². The molecule has 1 aliphatic heterocycles. The first-order valence-electron chi connectivity index (χ1n) is 10.4. The Labute approximate surface area is 182 Å². The van der Waals surface area contributed by atoms with Crippen molar-refractivity contribution < 1.29 is 23.7 Å². The topological polar surface area (TPSA) is 82.2 Å². The van der Waals surface area contributed by atoms with Crippen molar-refractivity contribution in [1.82, 2.24) is 9.88 Å². The number of nitrogens with one attached hydrogen (secondary N) is 1. The molecule has 1 aromatic carbocycles. The van der Waals surface area contributed by atoms with Gasteiger partial charge in [-0.2, -0.15) is 0 Å². The van der Waals surface area contributed by atoms with Crippen LogP contribution in [0.5, 0.6) is 17.4 Å². The van der Waals surface area contributed by atoms with Crippen LogP contribution in [-0.2, 0) is 9.53 Å². The molecular formula is C23H29N3O5. The van der Waals surface area contributed by atoms with Gasteiger partial charge in [0.25, 0.3) is 0 Å². The number of ether oxygens (including phenoxy) is 4. The van der Waals surface area contributed by atoms with Crippen LogP contribution in [0.1, 0.15) is 12.5 Å². The number of carbonyl (C=O) groups excluding carboxylic acids is 1. The van der Waals surface area contributed by atoms with Crippen molar-refractivity contribution in [3.63, 3.8) is 0 Å². The number of carbonyl (C=O) groups is 1. The van der Waals surface area contributed by atoms with Gasteiger partial charge in [0.15, 0.2) is 11.5 Å². The van der Waals surface area contributed by atoms with Gasteiger partial charge < -0.3 is 24.3 Å². The average Bonchev–Trinajstić information content (AvgIpc) is 2.80. The van der Waals surface area contributed by atoms with Crippen LogP contribution in [-0.4, -0.2) is 69.0 Å². The maximum Gasteiger partial charge on any atom is 0.248 e. The lowest BCUT2D eigenvalue weighted by atomic mass is 10.2. The predicted molar refractivity (Wildman–Crippen MR) is 119 cm³/mol. The molecule has 1 aromatic heterocycles. The van der Waals surface area contributed by atoms with Gasteiger partial charge in [-0.25, -0.2) is 4.98 Å². The van der Waals surface area contributed by atoms with Crippen molar-refractivity contribution >= 4 is 17.7 Å². The first-order chi connectivity index (χ1) is 15.2. The number of methoxy groups -OCH3 is 1. The Morgan fingerprint density at radius 3 is 2.74 bits per heavy atom. The second-order valence-electron chi connectivity index (χ2n) is 6.85. The van der Waals surface area contributed by atoms with E-state index in [1.165, 1.54) is 6.08 Å². The summed E-state index contributed by atoms with van der Waals surface area (Å²) in [5.74, 6) is 1.57. The van der Waals surface area contributed by atoms with Crippen molar-refractivity contribution in [2.45, 2.75) is 6.92 Å². The van der Waals surface area contributed by atoms with Crippen LogP contribution in [0.3, 0.4) is 0 Å². The van der Waals surface area contributed by atoms with Gasteiger partial charge in [0, 0.05) is 31.8 Å². The number of benzene rings is 1. The summed E-state index contributed by atoms with van der Waals surface area (Å²) < 4.78 is 21.8. The molecule has 0 atom stereocenters. The van der Waals surface area contributed by atoms with Gasteiger partial charge in [0.1, 0.15) is 6.61 Å². The molecule has 1 amide bonds. The molecule has 0 spiro atoms. The van der Waals surface area contributed by atoms with Crippen LogP contribution < -0.4 is 19.5 Å². The normalized spacial score (nSPS) is 14.4. The summed E-state index contributed by atoms with van der Waals surface area (Å²) in [6, 6.07) is 9.02. The van der Waals surface area contributed by atoms with E-state index in [0.29, 0.717) is 36.3 Å². The van der Waals surface area contributed by atoms with E-state index < -0.39 is 0 Å². The fourth-order valence-electron chi connectivity index (χ4n) is 3.06. The molecule has 8 nitrogen and oxygen atoms in total. The number of amides is 1. The highest BCUT2D eigenvalue weighted by atomic mass is 16.5. The monoisotopic (exact) mass is 427 g/mol. The molecular weight excluding hydrogens is 398 g/mol. The first kappa shape index (κ1) is 22.6. The number of hydrogen-bond donors (Lipinski definition) is 1. The molecule has 1 fully saturated rings. The zero-order chi connectivity index (χ0) is 21.9. The van der Waals surface area contributed by atoms with Crippen molar-refractivity contribution in [1.29, 1.82) is 0 Å². The fourth-order valence-corrected chi connectivity index (χ4v) is 3.06. The van der Waals surface area contributed by atoms with E-state index in [0.717, 1.165) is 38.4 Å². The number of pyridine rings is 1. The number of rotatable bonds is 10. The maximum absolute atomic E-state index is 12.2. The van der Waals surface area contributed by atoms with Gasteiger partial charge in [-0.15, -0.1) is 0 Å². The highest BCUT2D eigenvalue weighted by molar-refractivity contribution is 6.01. The first-order valence-corrected chi connectivity index (χ1v) is 10.4. The molecule has 0 radical (unpaired) electrons. The second kappa shape index (κ2) is 11.9. The Hall–Kier alpha value is -3.10. The summed E-state index contributed by atoms with van der Waals surface area (Å²) in [5, 5.41) is 2.79. The highest BCUT2D eigenvalue weighted by Gasteiger charge is 2.10. The Balaban J connectivity index is 1.46. The third-order valence-corrected chi connectivity index (χ3v) is 4.68. The quantitative estimate of drug-likeness (QED) is 0.584. The summed E-state index contributed by atoms with van der Waals surface area (Å²) in [6.45, 7) is 7.27. The molecule has 2 aromatic rings. The summed E-state index contributed by atoms with van der Waals surface area (Å²) >= 11 is 0. The molecule has 1 N–H and O–H groups in total. The zero-order valence-electron chi connectivity index (χ0n) is 18.0. The Morgan fingerprint density at radius 1 is 1.19 bits per heavy atom. The largest absolute Gasteiger partial charge is 0.493 e. The molecule has 2 heterocycles. The van der Waals surface area contributed by atoms with Crippen LogP contribution in [0, 0.1) is 0 Å². The standard InChI is InChI=1S/C23H29N3O5/c1-3-30-20-7-4-18(16-21(20)28-2)5-8-22(27)25-19-6-9-23(24-17-19)31-15-12-26-10-13-29-14-11-26/h4-9,16-17H,3,10-15H2,1-2H3,(H,25,27)/b8-5+. The maximum atomic E-state index is 12.2. The minimum absolute atomic E-state index is 0.254. The van der Waals surface area contributed by atoms with E-state index in [9.17, 15) is 4.79 Å². The number of morpholine rings is 1. The molecule has 0 unspecified atom stereocenters.